The minimum absolute atomic E-state index is 0.0850. The van der Waals surface area contributed by atoms with E-state index in [9.17, 15) is 14.7 Å². The van der Waals surface area contributed by atoms with Crippen LogP contribution in [0.4, 0.5) is 0 Å². The van der Waals surface area contributed by atoms with E-state index in [1.807, 2.05) is 6.92 Å². The van der Waals surface area contributed by atoms with Crippen LogP contribution >= 0.6 is 0 Å². The standard InChI is InChI=1S/C15H27NO4/c1-10(11-6-7-11)16(8-9-20-5)13(17)12(14(18)19)15(2,3)4/h10-12H,6-9H2,1-5H3,(H,18,19). The van der Waals surface area contributed by atoms with Gasteiger partial charge in [0, 0.05) is 19.7 Å². The van der Waals surface area contributed by atoms with Crippen LogP contribution in [0.1, 0.15) is 40.5 Å². The Hall–Kier alpha value is -1.10. The molecule has 116 valence electrons. The normalized spacial score (nSPS) is 18.4. The zero-order valence-electron chi connectivity index (χ0n) is 13.2. The number of hydrogen-bond acceptors (Lipinski definition) is 3. The van der Waals surface area contributed by atoms with E-state index in [0.29, 0.717) is 19.1 Å². The highest BCUT2D eigenvalue weighted by molar-refractivity contribution is 5.97. The van der Waals surface area contributed by atoms with Gasteiger partial charge in [0.1, 0.15) is 5.92 Å². The van der Waals surface area contributed by atoms with E-state index in [2.05, 4.69) is 0 Å². The number of amides is 1. The number of carboxylic acids is 1. The van der Waals surface area contributed by atoms with Crippen molar-refractivity contribution in [1.29, 1.82) is 0 Å². The van der Waals surface area contributed by atoms with Crippen LogP contribution < -0.4 is 0 Å². The highest BCUT2D eigenvalue weighted by Crippen LogP contribution is 2.37. The van der Waals surface area contributed by atoms with Gasteiger partial charge < -0.3 is 14.7 Å². The zero-order chi connectivity index (χ0) is 15.5. The van der Waals surface area contributed by atoms with Crippen molar-refractivity contribution in [1.82, 2.24) is 4.90 Å². The molecule has 0 aliphatic heterocycles. The highest BCUT2D eigenvalue weighted by atomic mass is 16.5. The molecule has 5 heteroatoms. The number of carbonyl (C=O) groups excluding carboxylic acids is 1. The highest BCUT2D eigenvalue weighted by Gasteiger charge is 2.43. The largest absolute Gasteiger partial charge is 0.481 e. The van der Waals surface area contributed by atoms with Crippen molar-refractivity contribution in [3.63, 3.8) is 0 Å². The topological polar surface area (TPSA) is 66.8 Å². The fourth-order valence-electron chi connectivity index (χ4n) is 2.55. The molecule has 1 amide bonds. The first-order chi connectivity index (χ1) is 9.20. The van der Waals surface area contributed by atoms with Crippen molar-refractivity contribution in [2.45, 2.75) is 46.6 Å². The van der Waals surface area contributed by atoms with E-state index < -0.39 is 17.3 Å². The lowest BCUT2D eigenvalue weighted by Gasteiger charge is -2.35. The molecule has 0 spiro atoms. The summed E-state index contributed by atoms with van der Waals surface area (Å²) < 4.78 is 5.06. The summed E-state index contributed by atoms with van der Waals surface area (Å²) in [5.41, 5.74) is -0.600. The fraction of sp³-hybridized carbons (Fsp3) is 0.867. The van der Waals surface area contributed by atoms with Gasteiger partial charge in [0.25, 0.3) is 0 Å². The molecule has 20 heavy (non-hydrogen) atoms. The molecule has 0 aromatic heterocycles. The summed E-state index contributed by atoms with van der Waals surface area (Å²) in [5, 5.41) is 9.41. The molecule has 1 saturated carbocycles. The van der Waals surface area contributed by atoms with E-state index >= 15 is 0 Å². The van der Waals surface area contributed by atoms with Gasteiger partial charge in [-0.1, -0.05) is 20.8 Å². The van der Waals surface area contributed by atoms with Crippen LogP contribution in [0.5, 0.6) is 0 Å². The Morgan fingerprint density at radius 3 is 2.25 bits per heavy atom. The molecular formula is C15H27NO4. The van der Waals surface area contributed by atoms with Crippen LogP contribution in [-0.2, 0) is 14.3 Å². The summed E-state index contributed by atoms with van der Waals surface area (Å²) in [7, 11) is 1.59. The third-order valence-corrected chi connectivity index (χ3v) is 3.98. The number of aliphatic carboxylic acids is 1. The van der Waals surface area contributed by atoms with Gasteiger partial charge in [-0.15, -0.1) is 0 Å². The predicted octanol–water partition coefficient (Wildman–Crippen LogP) is 2.01. The average Bonchev–Trinajstić information content (AvgIpc) is 3.10. The maximum Gasteiger partial charge on any atom is 0.316 e. The second-order valence-corrected chi connectivity index (χ2v) is 6.74. The number of carbonyl (C=O) groups is 2. The second-order valence-electron chi connectivity index (χ2n) is 6.74. The van der Waals surface area contributed by atoms with Crippen molar-refractivity contribution in [3.8, 4) is 0 Å². The van der Waals surface area contributed by atoms with Crippen molar-refractivity contribution in [3.05, 3.63) is 0 Å². The second kappa shape index (κ2) is 6.57. The van der Waals surface area contributed by atoms with E-state index in [1.165, 1.54) is 0 Å². The molecule has 1 fully saturated rings. The van der Waals surface area contributed by atoms with Crippen molar-refractivity contribution in [2.24, 2.45) is 17.3 Å². The molecule has 2 unspecified atom stereocenters. The van der Waals surface area contributed by atoms with Crippen LogP contribution in [0.25, 0.3) is 0 Å². The van der Waals surface area contributed by atoms with E-state index in [4.69, 9.17) is 4.74 Å². The van der Waals surface area contributed by atoms with Crippen LogP contribution in [-0.4, -0.2) is 48.2 Å². The lowest BCUT2D eigenvalue weighted by Crippen LogP contribution is -2.50. The summed E-state index contributed by atoms with van der Waals surface area (Å²) >= 11 is 0. The Labute approximate surface area is 121 Å². The number of hydrogen-bond donors (Lipinski definition) is 1. The van der Waals surface area contributed by atoms with Crippen LogP contribution in [0.15, 0.2) is 0 Å². The molecule has 1 aliphatic carbocycles. The monoisotopic (exact) mass is 285 g/mol. The predicted molar refractivity (Wildman–Crippen MR) is 76.4 cm³/mol. The number of rotatable bonds is 7. The molecule has 5 nitrogen and oxygen atoms in total. The number of carboxylic acid groups (broad SMARTS) is 1. The average molecular weight is 285 g/mol. The van der Waals surface area contributed by atoms with E-state index in [0.717, 1.165) is 12.8 Å². The van der Waals surface area contributed by atoms with Gasteiger partial charge in [-0.25, -0.2) is 0 Å². The van der Waals surface area contributed by atoms with E-state index in [-0.39, 0.29) is 11.9 Å². The zero-order valence-corrected chi connectivity index (χ0v) is 13.2. The van der Waals surface area contributed by atoms with Crippen molar-refractivity contribution < 1.29 is 19.4 Å². The summed E-state index contributed by atoms with van der Waals surface area (Å²) in [6, 6.07) is 0.0850. The van der Waals surface area contributed by atoms with Gasteiger partial charge in [-0.2, -0.15) is 0 Å². The first kappa shape index (κ1) is 17.0. The molecule has 1 aliphatic rings. The Balaban J connectivity index is 2.91. The summed E-state index contributed by atoms with van der Waals surface area (Å²) in [6.07, 6.45) is 2.23. The maximum absolute atomic E-state index is 12.7. The Morgan fingerprint density at radius 2 is 1.90 bits per heavy atom. The van der Waals surface area contributed by atoms with Crippen LogP contribution in [0.2, 0.25) is 0 Å². The summed E-state index contributed by atoms with van der Waals surface area (Å²) in [4.78, 5) is 25.9. The third-order valence-electron chi connectivity index (χ3n) is 3.98. The van der Waals surface area contributed by atoms with Gasteiger partial charge in [-0.3, -0.25) is 9.59 Å². The fourth-order valence-corrected chi connectivity index (χ4v) is 2.55. The van der Waals surface area contributed by atoms with Gasteiger partial charge in [0.15, 0.2) is 0 Å². The summed E-state index contributed by atoms with van der Waals surface area (Å²) in [5.74, 6) is -1.85. The first-order valence-corrected chi connectivity index (χ1v) is 7.22. The van der Waals surface area contributed by atoms with E-state index in [1.54, 1.807) is 32.8 Å². The number of nitrogens with zero attached hydrogens (tertiary/aromatic N) is 1. The lowest BCUT2D eigenvalue weighted by atomic mass is 9.79. The molecule has 0 radical (unpaired) electrons. The molecule has 0 heterocycles. The number of ether oxygens (including phenoxy) is 1. The van der Waals surface area contributed by atoms with Crippen molar-refractivity contribution in [2.75, 3.05) is 20.3 Å². The molecule has 1 N–H and O–H groups in total. The Bertz CT molecular complexity index is 357. The third kappa shape index (κ3) is 4.20. The molecule has 0 aromatic rings. The Kier molecular flexibility index (Phi) is 5.57. The minimum Gasteiger partial charge on any atom is -0.481 e. The molecule has 0 bridgehead atoms. The summed E-state index contributed by atoms with van der Waals surface area (Å²) in [6.45, 7) is 8.26. The number of methoxy groups -OCH3 is 1. The maximum atomic E-state index is 12.7. The van der Waals surface area contributed by atoms with Crippen molar-refractivity contribution >= 4 is 11.9 Å². The minimum atomic E-state index is -1.05. The molecule has 1 rings (SSSR count). The van der Waals surface area contributed by atoms with Crippen LogP contribution in [0, 0.1) is 17.3 Å². The van der Waals surface area contributed by atoms with Crippen LogP contribution in [0.3, 0.4) is 0 Å². The smallest absolute Gasteiger partial charge is 0.316 e. The molecular weight excluding hydrogens is 258 g/mol. The Morgan fingerprint density at radius 1 is 1.35 bits per heavy atom. The SMILES string of the molecule is COCCN(C(=O)C(C(=O)O)C(C)(C)C)C(C)C1CC1. The van der Waals surface area contributed by atoms with Gasteiger partial charge in [0.2, 0.25) is 5.91 Å². The quantitative estimate of drug-likeness (QED) is 0.727. The van der Waals surface area contributed by atoms with Gasteiger partial charge in [-0.05, 0) is 31.1 Å². The lowest BCUT2D eigenvalue weighted by molar-refractivity contribution is -0.157. The molecule has 0 aromatic carbocycles. The van der Waals surface area contributed by atoms with Gasteiger partial charge >= 0.3 is 5.97 Å². The van der Waals surface area contributed by atoms with Gasteiger partial charge in [0.05, 0.1) is 6.61 Å². The molecule has 2 atom stereocenters. The molecule has 0 saturated heterocycles. The first-order valence-electron chi connectivity index (χ1n) is 7.22.